The molecule has 16 heavy (non-hydrogen) atoms. The Labute approximate surface area is 104 Å². The van der Waals surface area contributed by atoms with Gasteiger partial charge in [-0.25, -0.2) is 0 Å². The highest BCUT2D eigenvalue weighted by atomic mass is 35.5. The number of rotatable bonds is 4. The lowest BCUT2D eigenvalue weighted by Gasteiger charge is -2.13. The first-order valence-electron chi connectivity index (χ1n) is 5.00. The fraction of sp³-hybridized carbons (Fsp3) is 0.273. The van der Waals surface area contributed by atoms with Crippen molar-refractivity contribution in [3.05, 3.63) is 45.9 Å². The van der Waals surface area contributed by atoms with Crippen LogP contribution >= 0.6 is 23.1 Å². The summed E-state index contributed by atoms with van der Waals surface area (Å²) in [6.45, 7) is 2.83. The van der Waals surface area contributed by atoms with Crippen molar-refractivity contribution >= 4 is 23.1 Å². The molecule has 0 aliphatic rings. The van der Waals surface area contributed by atoms with Gasteiger partial charge in [0, 0.05) is 23.0 Å². The average Bonchev–Trinajstić information content (AvgIpc) is 2.78. The summed E-state index contributed by atoms with van der Waals surface area (Å²) < 4.78 is 3.82. The molecule has 0 aliphatic carbocycles. The SMILES string of the molecule is C[C@H](NCc1csnn1)c1cccc(Cl)c1. The second-order valence-corrected chi connectivity index (χ2v) is 4.60. The molecule has 1 atom stereocenters. The van der Waals surface area contributed by atoms with Gasteiger partial charge in [0.1, 0.15) is 0 Å². The maximum absolute atomic E-state index is 5.94. The van der Waals surface area contributed by atoms with Gasteiger partial charge in [-0.15, -0.1) is 5.10 Å². The molecular formula is C11H12ClN3S. The van der Waals surface area contributed by atoms with Crippen LogP contribution in [0.15, 0.2) is 29.6 Å². The number of aromatic nitrogens is 2. The van der Waals surface area contributed by atoms with Crippen LogP contribution in [-0.4, -0.2) is 9.59 Å². The molecule has 84 valence electrons. The van der Waals surface area contributed by atoms with Crippen molar-refractivity contribution in [2.75, 3.05) is 0 Å². The van der Waals surface area contributed by atoms with Gasteiger partial charge in [-0.1, -0.05) is 28.2 Å². The summed E-state index contributed by atoms with van der Waals surface area (Å²) >= 11 is 7.31. The molecule has 0 saturated carbocycles. The Morgan fingerprint density at radius 1 is 1.50 bits per heavy atom. The molecule has 0 bridgehead atoms. The summed E-state index contributed by atoms with van der Waals surface area (Å²) in [5.41, 5.74) is 2.15. The highest BCUT2D eigenvalue weighted by molar-refractivity contribution is 7.03. The molecule has 0 aliphatic heterocycles. The van der Waals surface area contributed by atoms with E-state index in [2.05, 4.69) is 27.9 Å². The van der Waals surface area contributed by atoms with Crippen molar-refractivity contribution in [2.24, 2.45) is 0 Å². The number of hydrogen-bond donors (Lipinski definition) is 1. The Balaban J connectivity index is 1.95. The van der Waals surface area contributed by atoms with Gasteiger partial charge in [-0.05, 0) is 36.2 Å². The Morgan fingerprint density at radius 3 is 3.06 bits per heavy atom. The third-order valence-electron chi connectivity index (χ3n) is 2.34. The van der Waals surface area contributed by atoms with Crippen molar-refractivity contribution < 1.29 is 0 Å². The van der Waals surface area contributed by atoms with Crippen LogP contribution < -0.4 is 5.32 Å². The van der Waals surface area contributed by atoms with Crippen LogP contribution in [0.3, 0.4) is 0 Å². The van der Waals surface area contributed by atoms with Gasteiger partial charge >= 0.3 is 0 Å². The summed E-state index contributed by atoms with van der Waals surface area (Å²) in [7, 11) is 0. The van der Waals surface area contributed by atoms with Gasteiger partial charge in [-0.3, -0.25) is 0 Å². The van der Waals surface area contributed by atoms with Crippen molar-refractivity contribution in [2.45, 2.75) is 19.5 Å². The third kappa shape index (κ3) is 3.01. The lowest BCUT2D eigenvalue weighted by atomic mass is 10.1. The number of hydrogen-bond acceptors (Lipinski definition) is 4. The van der Waals surface area contributed by atoms with E-state index in [4.69, 9.17) is 11.6 Å². The van der Waals surface area contributed by atoms with Gasteiger partial charge in [0.2, 0.25) is 0 Å². The second-order valence-electron chi connectivity index (χ2n) is 3.55. The Morgan fingerprint density at radius 2 is 2.38 bits per heavy atom. The molecule has 5 heteroatoms. The van der Waals surface area contributed by atoms with E-state index >= 15 is 0 Å². The summed E-state index contributed by atoms with van der Waals surface area (Å²) in [4.78, 5) is 0. The normalized spacial score (nSPS) is 12.6. The molecule has 0 radical (unpaired) electrons. The highest BCUT2D eigenvalue weighted by Crippen LogP contribution is 2.17. The predicted octanol–water partition coefficient (Wildman–Crippen LogP) is 3.04. The smallest absolute Gasteiger partial charge is 0.0893 e. The molecule has 2 aromatic rings. The summed E-state index contributed by atoms with van der Waals surface area (Å²) in [5.74, 6) is 0. The molecule has 1 N–H and O–H groups in total. The third-order valence-corrected chi connectivity index (χ3v) is 3.13. The van der Waals surface area contributed by atoms with Crippen LogP contribution in [0.4, 0.5) is 0 Å². The fourth-order valence-corrected chi connectivity index (χ4v) is 2.06. The molecule has 0 fully saturated rings. The van der Waals surface area contributed by atoms with Crippen LogP contribution in [0.2, 0.25) is 5.02 Å². The monoisotopic (exact) mass is 253 g/mol. The first-order valence-corrected chi connectivity index (χ1v) is 6.22. The molecule has 1 aromatic carbocycles. The second kappa shape index (κ2) is 5.39. The molecule has 1 aromatic heterocycles. The Kier molecular flexibility index (Phi) is 3.88. The summed E-state index contributed by atoms with van der Waals surface area (Å²) in [5, 5.41) is 10.1. The molecule has 3 nitrogen and oxygen atoms in total. The van der Waals surface area contributed by atoms with Gasteiger partial charge in [-0.2, -0.15) is 0 Å². The highest BCUT2D eigenvalue weighted by Gasteiger charge is 2.05. The zero-order chi connectivity index (χ0) is 11.4. The van der Waals surface area contributed by atoms with Gasteiger partial charge < -0.3 is 5.32 Å². The first-order chi connectivity index (χ1) is 7.75. The number of nitrogens with zero attached hydrogens (tertiary/aromatic N) is 2. The lowest BCUT2D eigenvalue weighted by molar-refractivity contribution is 0.567. The maximum atomic E-state index is 5.94. The van der Waals surface area contributed by atoms with Crippen molar-refractivity contribution in [1.82, 2.24) is 14.9 Å². The lowest BCUT2D eigenvalue weighted by Crippen LogP contribution is -2.18. The molecule has 0 spiro atoms. The molecular weight excluding hydrogens is 242 g/mol. The van der Waals surface area contributed by atoms with E-state index in [1.165, 1.54) is 17.1 Å². The molecule has 0 saturated heterocycles. The summed E-state index contributed by atoms with van der Waals surface area (Å²) in [6.07, 6.45) is 0. The topological polar surface area (TPSA) is 37.8 Å². The van der Waals surface area contributed by atoms with E-state index in [9.17, 15) is 0 Å². The van der Waals surface area contributed by atoms with E-state index < -0.39 is 0 Å². The van der Waals surface area contributed by atoms with E-state index in [0.29, 0.717) is 0 Å². The van der Waals surface area contributed by atoms with E-state index in [1.807, 2.05) is 23.6 Å². The molecule has 2 rings (SSSR count). The predicted molar refractivity (Wildman–Crippen MR) is 66.6 cm³/mol. The van der Waals surface area contributed by atoms with Crippen LogP contribution in [0.5, 0.6) is 0 Å². The Bertz CT molecular complexity index is 444. The molecule has 0 amide bonds. The summed E-state index contributed by atoms with van der Waals surface area (Å²) in [6, 6.07) is 8.12. The quantitative estimate of drug-likeness (QED) is 0.910. The standard InChI is InChI=1S/C11H12ClN3S/c1-8(9-3-2-4-10(12)5-9)13-6-11-7-16-15-14-11/h2-5,7-8,13H,6H2,1H3/t8-/m0/s1. The Hall–Kier alpha value is -0.970. The van der Waals surface area contributed by atoms with Crippen molar-refractivity contribution in [3.63, 3.8) is 0 Å². The van der Waals surface area contributed by atoms with Crippen LogP contribution in [0.1, 0.15) is 24.2 Å². The molecule has 1 heterocycles. The van der Waals surface area contributed by atoms with Crippen LogP contribution in [0, 0.1) is 0 Å². The van der Waals surface area contributed by atoms with Crippen LogP contribution in [0.25, 0.3) is 0 Å². The largest absolute Gasteiger partial charge is 0.304 e. The van der Waals surface area contributed by atoms with Gasteiger partial charge in [0.05, 0.1) is 5.69 Å². The minimum Gasteiger partial charge on any atom is -0.304 e. The van der Waals surface area contributed by atoms with E-state index in [-0.39, 0.29) is 6.04 Å². The van der Waals surface area contributed by atoms with Gasteiger partial charge in [0.25, 0.3) is 0 Å². The van der Waals surface area contributed by atoms with E-state index in [0.717, 1.165) is 17.3 Å². The van der Waals surface area contributed by atoms with Crippen LogP contribution in [-0.2, 0) is 6.54 Å². The molecule has 0 unspecified atom stereocenters. The van der Waals surface area contributed by atoms with E-state index in [1.54, 1.807) is 0 Å². The van der Waals surface area contributed by atoms with Crippen molar-refractivity contribution in [3.8, 4) is 0 Å². The van der Waals surface area contributed by atoms with Gasteiger partial charge in [0.15, 0.2) is 0 Å². The van der Waals surface area contributed by atoms with Crippen molar-refractivity contribution in [1.29, 1.82) is 0 Å². The average molecular weight is 254 g/mol. The maximum Gasteiger partial charge on any atom is 0.0893 e. The number of nitrogens with one attached hydrogen (secondary N) is 1. The zero-order valence-electron chi connectivity index (χ0n) is 8.85. The number of benzene rings is 1. The minimum atomic E-state index is 0.250. The zero-order valence-corrected chi connectivity index (χ0v) is 10.4. The first kappa shape index (κ1) is 11.5. The minimum absolute atomic E-state index is 0.250. The fourth-order valence-electron chi connectivity index (χ4n) is 1.41. The number of halogens is 1.